The molecule has 0 heterocycles. The third kappa shape index (κ3) is 7.93. The van der Waals surface area contributed by atoms with E-state index in [1.807, 2.05) is 0 Å². The fraction of sp³-hybridized carbons (Fsp3) is 0.800. The minimum absolute atomic E-state index is 1.06. The molecule has 0 aromatic carbocycles. The van der Waals surface area contributed by atoms with Crippen molar-refractivity contribution in [1.29, 1.82) is 0 Å². The van der Waals surface area contributed by atoms with Crippen molar-refractivity contribution in [3.05, 3.63) is 11.1 Å². The lowest BCUT2D eigenvalue weighted by atomic mass is 10.2. The van der Waals surface area contributed by atoms with Crippen molar-refractivity contribution in [2.24, 2.45) is 0 Å². The molecule has 0 unspecified atom stereocenters. The van der Waals surface area contributed by atoms with E-state index < -0.39 is 0 Å². The summed E-state index contributed by atoms with van der Waals surface area (Å²) in [6, 6.07) is 0. The molecule has 0 saturated heterocycles. The highest BCUT2D eigenvalue weighted by atomic mass is 35.5. The van der Waals surface area contributed by atoms with Crippen LogP contribution in [0.4, 0.5) is 0 Å². The first-order valence-electron chi connectivity index (χ1n) is 4.65. The molecule has 66 valence electrons. The van der Waals surface area contributed by atoms with Crippen LogP contribution in [0.15, 0.2) is 11.1 Å². The van der Waals surface area contributed by atoms with Crippen LogP contribution in [0.1, 0.15) is 52.4 Å². The van der Waals surface area contributed by atoms with E-state index in [2.05, 4.69) is 19.9 Å². The summed E-state index contributed by atoms with van der Waals surface area (Å²) in [6.45, 7) is 4.39. The Labute approximate surface area is 75.6 Å². The molecule has 0 bridgehead atoms. The van der Waals surface area contributed by atoms with Crippen molar-refractivity contribution in [3.63, 3.8) is 0 Å². The number of rotatable bonds is 6. The normalized spacial score (nSPS) is 12.1. The molecule has 0 aliphatic heterocycles. The van der Waals surface area contributed by atoms with Crippen LogP contribution in [0.25, 0.3) is 0 Å². The lowest BCUT2D eigenvalue weighted by molar-refractivity contribution is 0.786. The summed E-state index contributed by atoms with van der Waals surface area (Å²) in [7, 11) is 0. The van der Waals surface area contributed by atoms with Gasteiger partial charge in [-0.25, -0.2) is 0 Å². The van der Waals surface area contributed by atoms with E-state index in [-0.39, 0.29) is 0 Å². The number of hydrogen-bond acceptors (Lipinski definition) is 0. The Balaban J connectivity index is 3.30. The standard InChI is InChI=1S/C10H19Cl/c1-3-5-7-9-10(11)8-6-4-2/h9H,3-8H2,1-2H3/b10-9-. The molecule has 0 aliphatic carbocycles. The molecule has 0 aromatic heterocycles. The number of halogens is 1. The Bertz CT molecular complexity index is 105. The van der Waals surface area contributed by atoms with E-state index in [0.717, 1.165) is 17.9 Å². The van der Waals surface area contributed by atoms with Gasteiger partial charge in [-0.05, 0) is 19.3 Å². The van der Waals surface area contributed by atoms with Gasteiger partial charge in [-0.1, -0.05) is 50.8 Å². The van der Waals surface area contributed by atoms with Crippen LogP contribution in [0.2, 0.25) is 0 Å². The van der Waals surface area contributed by atoms with Gasteiger partial charge >= 0.3 is 0 Å². The van der Waals surface area contributed by atoms with Gasteiger partial charge in [0.1, 0.15) is 0 Å². The summed E-state index contributed by atoms with van der Waals surface area (Å²) >= 11 is 5.96. The smallest absolute Gasteiger partial charge is 0.0141 e. The molecule has 11 heavy (non-hydrogen) atoms. The van der Waals surface area contributed by atoms with E-state index >= 15 is 0 Å². The molecule has 0 fully saturated rings. The number of unbranched alkanes of at least 4 members (excludes halogenated alkanes) is 3. The average molecular weight is 175 g/mol. The highest BCUT2D eigenvalue weighted by molar-refractivity contribution is 6.29. The van der Waals surface area contributed by atoms with Gasteiger partial charge < -0.3 is 0 Å². The van der Waals surface area contributed by atoms with E-state index in [1.165, 1.54) is 25.7 Å². The third-order valence-corrected chi connectivity index (χ3v) is 2.04. The highest BCUT2D eigenvalue weighted by Crippen LogP contribution is 2.13. The zero-order valence-corrected chi connectivity index (χ0v) is 8.45. The first-order chi connectivity index (χ1) is 5.31. The summed E-state index contributed by atoms with van der Waals surface area (Å²) in [4.78, 5) is 0. The van der Waals surface area contributed by atoms with Gasteiger partial charge in [0, 0.05) is 5.03 Å². The van der Waals surface area contributed by atoms with Crippen molar-refractivity contribution >= 4 is 11.6 Å². The largest absolute Gasteiger partial charge is 0.0895 e. The van der Waals surface area contributed by atoms with Gasteiger partial charge in [0.2, 0.25) is 0 Å². The summed E-state index contributed by atoms with van der Waals surface area (Å²) in [5, 5.41) is 1.06. The van der Waals surface area contributed by atoms with Gasteiger partial charge in [-0.15, -0.1) is 0 Å². The third-order valence-electron chi connectivity index (χ3n) is 1.69. The summed E-state index contributed by atoms with van der Waals surface area (Å²) in [5.41, 5.74) is 0. The van der Waals surface area contributed by atoms with Crippen LogP contribution in [0, 0.1) is 0 Å². The SMILES string of the molecule is CCCC/C=C(\Cl)CCCC. The van der Waals surface area contributed by atoms with E-state index in [4.69, 9.17) is 11.6 Å². The predicted octanol–water partition coefficient (Wildman–Crippen LogP) is 4.49. The Kier molecular flexibility index (Phi) is 8.15. The second-order valence-corrected chi connectivity index (χ2v) is 3.38. The lowest BCUT2D eigenvalue weighted by Gasteiger charge is -1.96. The maximum absolute atomic E-state index is 5.96. The first kappa shape index (κ1) is 11.0. The van der Waals surface area contributed by atoms with Gasteiger partial charge in [0.05, 0.1) is 0 Å². The zero-order valence-electron chi connectivity index (χ0n) is 7.70. The van der Waals surface area contributed by atoms with Crippen LogP contribution in [-0.4, -0.2) is 0 Å². The Hall–Kier alpha value is 0.0300. The fourth-order valence-electron chi connectivity index (χ4n) is 0.911. The minimum atomic E-state index is 1.06. The van der Waals surface area contributed by atoms with Crippen LogP contribution >= 0.6 is 11.6 Å². The molecule has 0 rings (SSSR count). The van der Waals surface area contributed by atoms with Gasteiger partial charge in [-0.2, -0.15) is 0 Å². The predicted molar refractivity (Wildman–Crippen MR) is 53.0 cm³/mol. The molecular weight excluding hydrogens is 156 g/mol. The monoisotopic (exact) mass is 174 g/mol. The molecular formula is C10H19Cl. The quantitative estimate of drug-likeness (QED) is 0.521. The summed E-state index contributed by atoms with van der Waals surface area (Å²) in [5.74, 6) is 0. The maximum Gasteiger partial charge on any atom is 0.0141 e. The van der Waals surface area contributed by atoms with E-state index in [1.54, 1.807) is 0 Å². The highest BCUT2D eigenvalue weighted by Gasteiger charge is 1.90. The molecule has 0 N–H and O–H groups in total. The summed E-state index contributed by atoms with van der Waals surface area (Å²) in [6.07, 6.45) is 9.37. The molecule has 0 atom stereocenters. The van der Waals surface area contributed by atoms with Crippen LogP contribution in [0.5, 0.6) is 0 Å². The zero-order chi connectivity index (χ0) is 8.53. The molecule has 0 radical (unpaired) electrons. The van der Waals surface area contributed by atoms with E-state index in [9.17, 15) is 0 Å². The molecule has 0 saturated carbocycles. The second-order valence-electron chi connectivity index (χ2n) is 2.90. The molecule has 1 heteroatoms. The average Bonchev–Trinajstić information content (AvgIpc) is 2.01. The van der Waals surface area contributed by atoms with Crippen molar-refractivity contribution < 1.29 is 0 Å². The van der Waals surface area contributed by atoms with E-state index in [0.29, 0.717) is 0 Å². The lowest BCUT2D eigenvalue weighted by Crippen LogP contribution is -1.75. The molecule has 0 aromatic rings. The maximum atomic E-state index is 5.96. The molecule has 0 spiro atoms. The number of allylic oxidation sites excluding steroid dienone is 2. The second kappa shape index (κ2) is 8.13. The number of hydrogen-bond donors (Lipinski definition) is 0. The van der Waals surface area contributed by atoms with Crippen molar-refractivity contribution in [3.8, 4) is 0 Å². The van der Waals surface area contributed by atoms with Crippen molar-refractivity contribution in [2.45, 2.75) is 52.4 Å². The molecule has 0 nitrogen and oxygen atoms in total. The van der Waals surface area contributed by atoms with Crippen LogP contribution in [0.3, 0.4) is 0 Å². The molecule has 0 amide bonds. The Morgan fingerprint density at radius 2 is 1.82 bits per heavy atom. The minimum Gasteiger partial charge on any atom is -0.0895 e. The molecule has 0 aliphatic rings. The Morgan fingerprint density at radius 3 is 2.36 bits per heavy atom. The van der Waals surface area contributed by atoms with Crippen LogP contribution in [-0.2, 0) is 0 Å². The van der Waals surface area contributed by atoms with Gasteiger partial charge in [0.15, 0.2) is 0 Å². The van der Waals surface area contributed by atoms with Crippen LogP contribution < -0.4 is 0 Å². The fourth-order valence-corrected chi connectivity index (χ4v) is 1.15. The first-order valence-corrected chi connectivity index (χ1v) is 5.03. The van der Waals surface area contributed by atoms with Gasteiger partial charge in [-0.3, -0.25) is 0 Å². The van der Waals surface area contributed by atoms with Gasteiger partial charge in [0.25, 0.3) is 0 Å². The summed E-state index contributed by atoms with van der Waals surface area (Å²) < 4.78 is 0. The van der Waals surface area contributed by atoms with Crippen molar-refractivity contribution in [2.75, 3.05) is 0 Å². The van der Waals surface area contributed by atoms with Crippen molar-refractivity contribution in [1.82, 2.24) is 0 Å². The topological polar surface area (TPSA) is 0 Å². The Morgan fingerprint density at radius 1 is 1.18 bits per heavy atom.